The molecule has 0 saturated carbocycles. The van der Waals surface area contributed by atoms with Gasteiger partial charge in [-0.05, 0) is 44.4 Å². The maximum atomic E-state index is 13.8. The number of hydrogen-bond donors (Lipinski definition) is 1. The standard InChI is InChI=1S/C15H22FNO2/c1-3-18-15-7-6-12(9-14(15)16)11(2)17-10-13-5-4-8-19-13/h6-7,9,11,13,17H,3-5,8,10H2,1-2H3/t11-,13-/m1/s1. The molecule has 1 heterocycles. The van der Waals surface area contributed by atoms with E-state index < -0.39 is 0 Å². The lowest BCUT2D eigenvalue weighted by Crippen LogP contribution is -2.28. The minimum atomic E-state index is -0.301. The van der Waals surface area contributed by atoms with Gasteiger partial charge in [-0.1, -0.05) is 6.07 Å². The van der Waals surface area contributed by atoms with Crippen LogP contribution in [-0.2, 0) is 4.74 Å². The van der Waals surface area contributed by atoms with E-state index in [1.54, 1.807) is 6.07 Å². The van der Waals surface area contributed by atoms with Gasteiger partial charge in [-0.2, -0.15) is 0 Å². The molecular formula is C15H22FNO2. The van der Waals surface area contributed by atoms with Crippen LogP contribution in [0.4, 0.5) is 4.39 Å². The van der Waals surface area contributed by atoms with Crippen LogP contribution in [-0.4, -0.2) is 25.9 Å². The molecule has 0 radical (unpaired) electrons. The summed E-state index contributed by atoms with van der Waals surface area (Å²) in [6.45, 7) is 6.03. The van der Waals surface area contributed by atoms with Crippen molar-refractivity contribution < 1.29 is 13.9 Å². The molecule has 0 unspecified atom stereocenters. The fraction of sp³-hybridized carbons (Fsp3) is 0.600. The molecule has 0 amide bonds. The fourth-order valence-electron chi connectivity index (χ4n) is 2.29. The first-order chi connectivity index (χ1) is 9.20. The monoisotopic (exact) mass is 267 g/mol. The van der Waals surface area contributed by atoms with Crippen molar-refractivity contribution in [2.24, 2.45) is 0 Å². The Labute approximate surface area is 114 Å². The third-order valence-electron chi connectivity index (χ3n) is 3.43. The Morgan fingerprint density at radius 3 is 3.00 bits per heavy atom. The molecule has 1 aliphatic heterocycles. The first-order valence-electron chi connectivity index (χ1n) is 6.98. The zero-order valence-electron chi connectivity index (χ0n) is 11.6. The van der Waals surface area contributed by atoms with Crippen LogP contribution in [0, 0.1) is 5.82 Å². The average Bonchev–Trinajstić information content (AvgIpc) is 2.91. The van der Waals surface area contributed by atoms with Crippen molar-refractivity contribution in [1.29, 1.82) is 0 Å². The topological polar surface area (TPSA) is 30.5 Å². The highest BCUT2D eigenvalue weighted by Crippen LogP contribution is 2.22. The van der Waals surface area contributed by atoms with Crippen molar-refractivity contribution in [3.8, 4) is 5.75 Å². The highest BCUT2D eigenvalue weighted by Gasteiger charge is 2.17. The number of benzene rings is 1. The van der Waals surface area contributed by atoms with Gasteiger partial charge in [0.15, 0.2) is 11.6 Å². The molecule has 2 atom stereocenters. The van der Waals surface area contributed by atoms with E-state index in [1.807, 2.05) is 19.9 Å². The molecule has 106 valence electrons. The second kappa shape index (κ2) is 6.87. The average molecular weight is 267 g/mol. The zero-order chi connectivity index (χ0) is 13.7. The molecule has 1 fully saturated rings. The molecule has 19 heavy (non-hydrogen) atoms. The van der Waals surface area contributed by atoms with Crippen molar-refractivity contribution >= 4 is 0 Å². The van der Waals surface area contributed by atoms with E-state index in [2.05, 4.69) is 5.32 Å². The molecule has 1 aromatic carbocycles. The molecule has 0 bridgehead atoms. The summed E-state index contributed by atoms with van der Waals surface area (Å²) in [5.74, 6) is 0.0164. The second-order valence-electron chi connectivity index (χ2n) is 4.89. The molecule has 0 aliphatic carbocycles. The van der Waals surface area contributed by atoms with Crippen molar-refractivity contribution in [1.82, 2.24) is 5.32 Å². The molecule has 3 nitrogen and oxygen atoms in total. The molecule has 4 heteroatoms. The smallest absolute Gasteiger partial charge is 0.165 e. The van der Waals surface area contributed by atoms with Crippen LogP contribution in [0.15, 0.2) is 18.2 Å². The fourth-order valence-corrected chi connectivity index (χ4v) is 2.29. The predicted molar refractivity (Wildman–Crippen MR) is 73.0 cm³/mol. The Balaban J connectivity index is 1.90. The third kappa shape index (κ3) is 3.91. The van der Waals surface area contributed by atoms with Gasteiger partial charge in [-0.15, -0.1) is 0 Å². The minimum Gasteiger partial charge on any atom is -0.491 e. The maximum absolute atomic E-state index is 13.8. The van der Waals surface area contributed by atoms with Gasteiger partial charge < -0.3 is 14.8 Å². The summed E-state index contributed by atoms with van der Waals surface area (Å²) in [7, 11) is 0. The molecule has 1 N–H and O–H groups in total. The molecule has 1 aromatic rings. The van der Waals surface area contributed by atoms with Gasteiger partial charge in [0.2, 0.25) is 0 Å². The predicted octanol–water partition coefficient (Wildman–Crippen LogP) is 3.05. The van der Waals surface area contributed by atoms with Gasteiger partial charge in [0, 0.05) is 19.2 Å². The summed E-state index contributed by atoms with van der Waals surface area (Å²) in [4.78, 5) is 0. The summed E-state index contributed by atoms with van der Waals surface area (Å²) >= 11 is 0. The molecule has 1 aliphatic rings. The summed E-state index contributed by atoms with van der Waals surface area (Å²) in [5, 5.41) is 3.39. The highest BCUT2D eigenvalue weighted by atomic mass is 19.1. The minimum absolute atomic E-state index is 0.106. The van der Waals surface area contributed by atoms with Crippen LogP contribution in [0.5, 0.6) is 5.75 Å². The van der Waals surface area contributed by atoms with Crippen LogP contribution >= 0.6 is 0 Å². The molecule has 1 saturated heterocycles. The van der Waals surface area contributed by atoms with Gasteiger partial charge in [-0.3, -0.25) is 0 Å². The van der Waals surface area contributed by atoms with Crippen molar-refractivity contribution in [2.45, 2.75) is 38.8 Å². The van der Waals surface area contributed by atoms with E-state index in [0.717, 1.165) is 31.6 Å². The first-order valence-corrected chi connectivity index (χ1v) is 6.98. The molecular weight excluding hydrogens is 245 g/mol. The normalized spacial score (nSPS) is 20.5. The SMILES string of the molecule is CCOc1ccc([C@@H](C)NC[C@H]2CCCO2)cc1F. The van der Waals surface area contributed by atoms with Crippen LogP contribution in [0.25, 0.3) is 0 Å². The number of nitrogens with one attached hydrogen (secondary N) is 1. The Morgan fingerprint density at radius 1 is 1.53 bits per heavy atom. The van der Waals surface area contributed by atoms with E-state index in [4.69, 9.17) is 9.47 Å². The van der Waals surface area contributed by atoms with E-state index >= 15 is 0 Å². The van der Waals surface area contributed by atoms with E-state index in [9.17, 15) is 4.39 Å². The maximum Gasteiger partial charge on any atom is 0.165 e. The summed E-state index contributed by atoms with van der Waals surface area (Å²) in [6.07, 6.45) is 2.55. The lowest BCUT2D eigenvalue weighted by atomic mass is 10.1. The van der Waals surface area contributed by atoms with Crippen LogP contribution in [0.2, 0.25) is 0 Å². The Morgan fingerprint density at radius 2 is 2.37 bits per heavy atom. The molecule has 0 aromatic heterocycles. The number of halogens is 1. The van der Waals surface area contributed by atoms with Gasteiger partial charge in [0.25, 0.3) is 0 Å². The van der Waals surface area contributed by atoms with Crippen molar-refractivity contribution in [2.75, 3.05) is 19.8 Å². The van der Waals surface area contributed by atoms with Crippen LogP contribution in [0.1, 0.15) is 38.3 Å². The molecule has 2 rings (SSSR count). The van der Waals surface area contributed by atoms with Gasteiger partial charge in [0.1, 0.15) is 0 Å². The summed E-state index contributed by atoms with van der Waals surface area (Å²) < 4.78 is 24.5. The zero-order valence-corrected chi connectivity index (χ0v) is 11.6. The first kappa shape index (κ1) is 14.3. The number of rotatable bonds is 6. The number of hydrogen-bond acceptors (Lipinski definition) is 3. The lowest BCUT2D eigenvalue weighted by molar-refractivity contribution is 0.108. The summed E-state index contributed by atoms with van der Waals surface area (Å²) in [5.41, 5.74) is 0.930. The van der Waals surface area contributed by atoms with E-state index in [0.29, 0.717) is 18.5 Å². The second-order valence-corrected chi connectivity index (χ2v) is 4.89. The Hall–Kier alpha value is -1.13. The van der Waals surface area contributed by atoms with Gasteiger partial charge in [0.05, 0.1) is 12.7 Å². The Kier molecular flexibility index (Phi) is 5.16. The van der Waals surface area contributed by atoms with E-state index in [-0.39, 0.29) is 11.9 Å². The van der Waals surface area contributed by atoms with Gasteiger partial charge in [-0.25, -0.2) is 4.39 Å². The Bertz CT molecular complexity index is 405. The third-order valence-corrected chi connectivity index (χ3v) is 3.43. The van der Waals surface area contributed by atoms with Crippen molar-refractivity contribution in [3.05, 3.63) is 29.6 Å². The van der Waals surface area contributed by atoms with Gasteiger partial charge >= 0.3 is 0 Å². The highest BCUT2D eigenvalue weighted by molar-refractivity contribution is 5.30. The van der Waals surface area contributed by atoms with E-state index in [1.165, 1.54) is 6.07 Å². The van der Waals surface area contributed by atoms with Crippen molar-refractivity contribution in [3.63, 3.8) is 0 Å². The van der Waals surface area contributed by atoms with Crippen LogP contribution in [0.3, 0.4) is 0 Å². The molecule has 0 spiro atoms. The van der Waals surface area contributed by atoms with Crippen LogP contribution < -0.4 is 10.1 Å². The summed E-state index contributed by atoms with van der Waals surface area (Å²) in [6, 6.07) is 5.24. The quantitative estimate of drug-likeness (QED) is 0.859. The lowest BCUT2D eigenvalue weighted by Gasteiger charge is -2.18. The number of ether oxygens (including phenoxy) is 2. The largest absolute Gasteiger partial charge is 0.491 e.